The molecule has 1 N–H and O–H groups in total. The van der Waals surface area contributed by atoms with Crippen LogP contribution in [0.2, 0.25) is 0 Å². The van der Waals surface area contributed by atoms with Gasteiger partial charge < -0.3 is 5.32 Å². The average Bonchev–Trinajstić information content (AvgIpc) is 3.09. The number of fused-ring (bicyclic) bond motifs is 1. The van der Waals surface area contributed by atoms with Gasteiger partial charge in [0.2, 0.25) is 0 Å². The summed E-state index contributed by atoms with van der Waals surface area (Å²) in [6.07, 6.45) is 2.35. The molecule has 0 bridgehead atoms. The summed E-state index contributed by atoms with van der Waals surface area (Å²) in [5.41, 5.74) is 6.23. The average molecular weight is 384 g/mol. The zero-order chi connectivity index (χ0) is 20.4. The standard InChI is InChI=1S/C24H24N4O/c1-4-21-20(24(29)26-16(2)18-11-7-5-8-12-18)15-25-23-22(17(3)27-28(21)23)19-13-9-6-10-14-19/h5-16H,4H2,1-3H3,(H,26,29). The highest BCUT2D eigenvalue weighted by Gasteiger charge is 2.21. The van der Waals surface area contributed by atoms with Crippen molar-refractivity contribution in [1.82, 2.24) is 19.9 Å². The van der Waals surface area contributed by atoms with E-state index in [1.807, 2.05) is 73.8 Å². The van der Waals surface area contributed by atoms with Gasteiger partial charge in [0.25, 0.3) is 5.91 Å². The summed E-state index contributed by atoms with van der Waals surface area (Å²) in [5.74, 6) is -0.137. The predicted molar refractivity (Wildman–Crippen MR) is 115 cm³/mol. The number of benzene rings is 2. The van der Waals surface area contributed by atoms with E-state index in [4.69, 9.17) is 5.10 Å². The Balaban J connectivity index is 1.74. The van der Waals surface area contributed by atoms with E-state index >= 15 is 0 Å². The van der Waals surface area contributed by atoms with E-state index in [-0.39, 0.29) is 11.9 Å². The quantitative estimate of drug-likeness (QED) is 0.540. The molecule has 0 aliphatic carbocycles. The lowest BCUT2D eigenvalue weighted by Crippen LogP contribution is -2.28. The van der Waals surface area contributed by atoms with Crippen molar-refractivity contribution < 1.29 is 4.79 Å². The molecular weight excluding hydrogens is 360 g/mol. The monoisotopic (exact) mass is 384 g/mol. The fraction of sp³-hybridized carbons (Fsp3) is 0.208. The van der Waals surface area contributed by atoms with Gasteiger partial charge in [-0.25, -0.2) is 9.50 Å². The number of hydrogen-bond donors (Lipinski definition) is 1. The molecule has 2 aromatic carbocycles. The molecule has 0 spiro atoms. The summed E-state index contributed by atoms with van der Waals surface area (Å²) in [5, 5.41) is 7.80. The Morgan fingerprint density at radius 3 is 2.38 bits per heavy atom. The largest absolute Gasteiger partial charge is 0.345 e. The van der Waals surface area contributed by atoms with Gasteiger partial charge in [-0.1, -0.05) is 67.6 Å². The van der Waals surface area contributed by atoms with Crippen molar-refractivity contribution in [3.63, 3.8) is 0 Å². The summed E-state index contributed by atoms with van der Waals surface area (Å²) < 4.78 is 1.82. The number of aromatic nitrogens is 3. The van der Waals surface area contributed by atoms with E-state index in [9.17, 15) is 4.79 Å². The molecule has 29 heavy (non-hydrogen) atoms. The normalized spacial score (nSPS) is 12.1. The molecule has 2 aromatic heterocycles. The number of carbonyl (C=O) groups is 1. The number of carbonyl (C=O) groups excluding carboxylic acids is 1. The van der Waals surface area contributed by atoms with Gasteiger partial charge >= 0.3 is 0 Å². The van der Waals surface area contributed by atoms with Crippen molar-refractivity contribution in [1.29, 1.82) is 0 Å². The molecule has 5 nitrogen and oxygen atoms in total. The topological polar surface area (TPSA) is 59.3 Å². The van der Waals surface area contributed by atoms with Crippen LogP contribution in [-0.2, 0) is 6.42 Å². The van der Waals surface area contributed by atoms with Crippen LogP contribution in [0.3, 0.4) is 0 Å². The van der Waals surface area contributed by atoms with Gasteiger partial charge in [-0.05, 0) is 31.4 Å². The molecule has 0 aliphatic heterocycles. The number of nitrogens with zero attached hydrogens (tertiary/aromatic N) is 3. The molecule has 0 radical (unpaired) electrons. The van der Waals surface area contributed by atoms with Gasteiger partial charge in [0.15, 0.2) is 5.65 Å². The molecule has 4 aromatic rings. The van der Waals surface area contributed by atoms with Gasteiger partial charge in [0.1, 0.15) is 0 Å². The van der Waals surface area contributed by atoms with Crippen molar-refractivity contribution in [3.8, 4) is 11.1 Å². The van der Waals surface area contributed by atoms with Crippen molar-refractivity contribution in [2.75, 3.05) is 0 Å². The lowest BCUT2D eigenvalue weighted by molar-refractivity contribution is 0.0938. The lowest BCUT2D eigenvalue weighted by Gasteiger charge is -2.16. The lowest BCUT2D eigenvalue weighted by atomic mass is 10.1. The van der Waals surface area contributed by atoms with Gasteiger partial charge in [-0.2, -0.15) is 5.10 Å². The zero-order valence-corrected chi connectivity index (χ0v) is 16.9. The molecule has 0 aliphatic rings. The molecule has 0 saturated heterocycles. The van der Waals surface area contributed by atoms with Crippen LogP contribution in [0, 0.1) is 6.92 Å². The number of hydrogen-bond acceptors (Lipinski definition) is 3. The Hall–Kier alpha value is -3.47. The molecule has 1 amide bonds. The molecule has 0 saturated carbocycles. The third kappa shape index (κ3) is 3.51. The molecule has 1 unspecified atom stereocenters. The summed E-state index contributed by atoms with van der Waals surface area (Å²) in [6, 6.07) is 20.0. The molecule has 4 rings (SSSR count). The zero-order valence-electron chi connectivity index (χ0n) is 16.9. The highest BCUT2D eigenvalue weighted by atomic mass is 16.1. The van der Waals surface area contributed by atoms with Gasteiger partial charge in [-0.15, -0.1) is 0 Å². The summed E-state index contributed by atoms with van der Waals surface area (Å²) >= 11 is 0. The van der Waals surface area contributed by atoms with Crippen LogP contribution in [0.1, 0.15) is 47.2 Å². The van der Waals surface area contributed by atoms with Gasteiger partial charge in [0, 0.05) is 11.8 Å². The second kappa shape index (κ2) is 7.87. The number of aryl methyl sites for hydroxylation is 2. The first-order valence-electron chi connectivity index (χ1n) is 9.88. The van der Waals surface area contributed by atoms with E-state index in [1.165, 1.54) is 0 Å². The van der Waals surface area contributed by atoms with Crippen molar-refractivity contribution in [2.45, 2.75) is 33.2 Å². The first-order chi connectivity index (χ1) is 14.1. The van der Waals surface area contributed by atoms with E-state index in [1.54, 1.807) is 6.20 Å². The Labute approximate surface area is 170 Å². The third-order valence-electron chi connectivity index (χ3n) is 5.21. The predicted octanol–water partition coefficient (Wildman–Crippen LogP) is 4.76. The van der Waals surface area contributed by atoms with Crippen LogP contribution >= 0.6 is 0 Å². The maximum absolute atomic E-state index is 13.0. The molecule has 146 valence electrons. The molecule has 5 heteroatoms. The van der Waals surface area contributed by atoms with Crippen molar-refractivity contribution in [3.05, 3.63) is 89.4 Å². The molecule has 2 heterocycles. The number of amides is 1. The first kappa shape index (κ1) is 18.9. The van der Waals surface area contributed by atoms with Crippen LogP contribution in [0.25, 0.3) is 16.8 Å². The second-order valence-corrected chi connectivity index (χ2v) is 7.14. The smallest absolute Gasteiger partial charge is 0.255 e. The minimum absolute atomic E-state index is 0.0941. The van der Waals surface area contributed by atoms with E-state index in [2.05, 4.69) is 22.4 Å². The second-order valence-electron chi connectivity index (χ2n) is 7.14. The van der Waals surface area contributed by atoms with Gasteiger partial charge in [0.05, 0.1) is 23.0 Å². The third-order valence-corrected chi connectivity index (χ3v) is 5.21. The first-order valence-corrected chi connectivity index (χ1v) is 9.88. The SMILES string of the molecule is CCc1c(C(=O)NC(C)c2ccccc2)cnc2c(-c3ccccc3)c(C)nn12. The Bertz CT molecular complexity index is 1150. The van der Waals surface area contributed by atoms with Crippen LogP contribution in [0.15, 0.2) is 66.9 Å². The number of nitrogens with one attached hydrogen (secondary N) is 1. The minimum atomic E-state index is -0.137. The van der Waals surface area contributed by atoms with Crippen LogP contribution in [-0.4, -0.2) is 20.5 Å². The highest BCUT2D eigenvalue weighted by Crippen LogP contribution is 2.28. The summed E-state index contributed by atoms with van der Waals surface area (Å²) in [4.78, 5) is 17.6. The van der Waals surface area contributed by atoms with E-state index < -0.39 is 0 Å². The van der Waals surface area contributed by atoms with Crippen LogP contribution < -0.4 is 5.32 Å². The summed E-state index contributed by atoms with van der Waals surface area (Å²) in [6.45, 7) is 6.00. The highest BCUT2D eigenvalue weighted by molar-refractivity contribution is 5.96. The molecule has 0 fully saturated rings. The van der Waals surface area contributed by atoms with Crippen LogP contribution in [0.4, 0.5) is 0 Å². The Morgan fingerprint density at radius 1 is 1.07 bits per heavy atom. The Morgan fingerprint density at radius 2 is 1.72 bits per heavy atom. The maximum atomic E-state index is 13.0. The Kier molecular flexibility index (Phi) is 5.12. The fourth-order valence-electron chi connectivity index (χ4n) is 3.71. The van der Waals surface area contributed by atoms with E-state index in [0.717, 1.165) is 33.7 Å². The van der Waals surface area contributed by atoms with Crippen molar-refractivity contribution >= 4 is 11.6 Å². The fourth-order valence-corrected chi connectivity index (χ4v) is 3.71. The van der Waals surface area contributed by atoms with Gasteiger partial charge in [-0.3, -0.25) is 4.79 Å². The maximum Gasteiger partial charge on any atom is 0.255 e. The van der Waals surface area contributed by atoms with E-state index in [0.29, 0.717) is 12.0 Å². The summed E-state index contributed by atoms with van der Waals surface area (Å²) in [7, 11) is 0. The molecular formula is C24H24N4O. The minimum Gasteiger partial charge on any atom is -0.345 e. The number of rotatable bonds is 5. The molecule has 1 atom stereocenters. The van der Waals surface area contributed by atoms with Crippen molar-refractivity contribution in [2.24, 2.45) is 0 Å². The van der Waals surface area contributed by atoms with Crippen LogP contribution in [0.5, 0.6) is 0 Å².